The van der Waals surface area contributed by atoms with Gasteiger partial charge in [0.25, 0.3) is 5.91 Å². The molecule has 0 saturated carbocycles. The largest absolute Gasteiger partial charge is 0.434 e. The molecule has 2 aromatic rings. The molecule has 2 aromatic carbocycles. The molecular weight excluding hydrogens is 340 g/mol. The maximum absolute atomic E-state index is 12.7. The minimum atomic E-state index is -2.92. The highest BCUT2D eigenvalue weighted by molar-refractivity contribution is 6.02. The number of aryl methyl sites for hydroxylation is 1. The van der Waals surface area contributed by atoms with Crippen molar-refractivity contribution < 1.29 is 18.3 Å². The van der Waals surface area contributed by atoms with E-state index in [2.05, 4.69) is 9.73 Å². The first-order valence-electron chi connectivity index (χ1n) is 7.97. The maximum atomic E-state index is 12.7. The Balaban J connectivity index is 2.07. The number of hydrogen-bond acceptors (Lipinski definition) is 2. The minimum Gasteiger partial charge on any atom is -0.434 e. The van der Waals surface area contributed by atoms with Crippen molar-refractivity contribution in [3.63, 3.8) is 0 Å². The summed E-state index contributed by atoms with van der Waals surface area (Å²) in [4.78, 5) is 15.6. The molecule has 1 amide bonds. The number of benzene rings is 2. The lowest BCUT2D eigenvalue weighted by Crippen LogP contribution is -2.24. The lowest BCUT2D eigenvalue weighted by molar-refractivity contribution is -0.0500. The van der Waals surface area contributed by atoms with E-state index in [9.17, 15) is 13.6 Å². The van der Waals surface area contributed by atoms with Crippen LogP contribution in [0.1, 0.15) is 33.5 Å². The Labute approximate surface area is 149 Å². The molecule has 0 fully saturated rings. The number of fused-ring (bicyclic) bond motifs is 1. The number of amides is 1. The van der Waals surface area contributed by atoms with E-state index in [0.717, 1.165) is 29.5 Å². The Hall–Kier alpha value is -3.22. The third-order valence-electron chi connectivity index (χ3n) is 4.03. The third kappa shape index (κ3) is 3.72. The number of rotatable bonds is 4. The summed E-state index contributed by atoms with van der Waals surface area (Å²) in [5.41, 5.74) is 13.9. The van der Waals surface area contributed by atoms with Gasteiger partial charge in [-0.05, 0) is 47.7 Å². The van der Waals surface area contributed by atoms with Gasteiger partial charge in [0, 0.05) is 11.1 Å². The van der Waals surface area contributed by atoms with Gasteiger partial charge in [-0.25, -0.2) is 0 Å². The molecule has 0 saturated heterocycles. The van der Waals surface area contributed by atoms with Gasteiger partial charge in [0.15, 0.2) is 5.96 Å². The van der Waals surface area contributed by atoms with E-state index < -0.39 is 12.5 Å². The van der Waals surface area contributed by atoms with Crippen LogP contribution in [0.5, 0.6) is 5.75 Å². The van der Waals surface area contributed by atoms with Crippen LogP contribution < -0.4 is 16.2 Å². The fraction of sp³-hybridized carbons (Fsp3) is 0.158. The number of nitrogens with two attached hydrogens (primary N) is 2. The molecule has 0 radical (unpaired) electrons. The van der Waals surface area contributed by atoms with Crippen LogP contribution in [0, 0.1) is 0 Å². The predicted octanol–water partition coefficient (Wildman–Crippen LogP) is 3.08. The molecule has 7 heteroatoms. The van der Waals surface area contributed by atoms with E-state index in [4.69, 9.17) is 11.5 Å². The van der Waals surface area contributed by atoms with Gasteiger partial charge in [-0.15, -0.1) is 0 Å². The summed E-state index contributed by atoms with van der Waals surface area (Å²) in [5.74, 6) is -0.795. The topological polar surface area (TPSA) is 90.7 Å². The molecule has 0 bridgehead atoms. The zero-order valence-corrected chi connectivity index (χ0v) is 13.8. The van der Waals surface area contributed by atoms with Crippen LogP contribution in [0.2, 0.25) is 0 Å². The first-order chi connectivity index (χ1) is 12.5. The Morgan fingerprint density at radius 1 is 1.12 bits per heavy atom. The van der Waals surface area contributed by atoms with Crippen molar-refractivity contribution in [2.75, 3.05) is 0 Å². The maximum Gasteiger partial charge on any atom is 0.387 e. The van der Waals surface area contributed by atoms with E-state index in [0.29, 0.717) is 11.1 Å². The fourth-order valence-corrected chi connectivity index (χ4v) is 2.98. The van der Waals surface area contributed by atoms with Crippen LogP contribution in [0.25, 0.3) is 5.57 Å². The quantitative estimate of drug-likeness (QED) is 0.650. The molecule has 0 spiro atoms. The van der Waals surface area contributed by atoms with Crippen LogP contribution in [-0.4, -0.2) is 18.5 Å². The lowest BCUT2D eigenvalue weighted by atomic mass is 9.85. The van der Waals surface area contributed by atoms with E-state index in [1.807, 2.05) is 12.1 Å². The van der Waals surface area contributed by atoms with Crippen LogP contribution in [-0.2, 0) is 6.42 Å². The van der Waals surface area contributed by atoms with Crippen molar-refractivity contribution in [2.24, 2.45) is 16.5 Å². The van der Waals surface area contributed by atoms with E-state index in [1.54, 1.807) is 30.3 Å². The van der Waals surface area contributed by atoms with Crippen molar-refractivity contribution >= 4 is 17.4 Å². The first kappa shape index (κ1) is 17.6. The fourth-order valence-electron chi connectivity index (χ4n) is 2.98. The number of carbonyl (C=O) groups excluding carboxylic acids is 1. The van der Waals surface area contributed by atoms with Crippen LogP contribution in [0.3, 0.4) is 0 Å². The van der Waals surface area contributed by atoms with E-state index >= 15 is 0 Å². The van der Waals surface area contributed by atoms with Crippen LogP contribution in [0.15, 0.2) is 53.5 Å². The molecule has 0 aromatic heterocycles. The highest BCUT2D eigenvalue weighted by Gasteiger charge is 2.20. The normalized spacial score (nSPS) is 13.0. The summed E-state index contributed by atoms with van der Waals surface area (Å²) < 4.78 is 30.1. The molecule has 0 unspecified atom stereocenters. The van der Waals surface area contributed by atoms with Crippen molar-refractivity contribution in [1.29, 1.82) is 0 Å². The summed E-state index contributed by atoms with van der Waals surface area (Å²) in [6.45, 7) is -2.92. The molecular formula is C19H17F2N3O2. The monoisotopic (exact) mass is 357 g/mol. The van der Waals surface area contributed by atoms with Crippen molar-refractivity contribution in [2.45, 2.75) is 19.5 Å². The number of carbonyl (C=O) groups is 1. The van der Waals surface area contributed by atoms with Gasteiger partial charge in [0.2, 0.25) is 0 Å². The Bertz CT molecular complexity index is 903. The summed E-state index contributed by atoms with van der Waals surface area (Å²) in [7, 11) is 0. The van der Waals surface area contributed by atoms with Crippen LogP contribution in [0.4, 0.5) is 8.78 Å². The van der Waals surface area contributed by atoms with Gasteiger partial charge < -0.3 is 16.2 Å². The molecule has 1 aliphatic rings. The molecule has 0 aliphatic heterocycles. The number of hydrogen-bond donors (Lipinski definition) is 2. The molecule has 4 N–H and O–H groups in total. The highest BCUT2D eigenvalue weighted by atomic mass is 19.3. The van der Waals surface area contributed by atoms with Gasteiger partial charge in [0.05, 0.1) is 0 Å². The minimum absolute atomic E-state index is 0.0857. The van der Waals surface area contributed by atoms with Gasteiger partial charge in [-0.1, -0.05) is 30.3 Å². The average Bonchev–Trinajstić information content (AvgIpc) is 2.60. The van der Waals surface area contributed by atoms with Crippen molar-refractivity contribution in [1.82, 2.24) is 0 Å². The van der Waals surface area contributed by atoms with Crippen molar-refractivity contribution in [3.8, 4) is 5.75 Å². The molecule has 3 rings (SSSR count). The smallest absolute Gasteiger partial charge is 0.387 e. The zero-order chi connectivity index (χ0) is 18.7. The molecule has 26 heavy (non-hydrogen) atoms. The average molecular weight is 357 g/mol. The molecule has 134 valence electrons. The summed E-state index contributed by atoms with van der Waals surface area (Å²) in [6.07, 6.45) is 3.49. The zero-order valence-electron chi connectivity index (χ0n) is 13.8. The molecule has 0 atom stereocenters. The van der Waals surface area contributed by atoms with E-state index in [1.165, 1.54) is 6.07 Å². The number of para-hydroxylation sites is 1. The SMILES string of the molecule is NC(N)=NC(=O)c1ccc2c(c1)C(c1ccccc1OC(F)F)=CCC2. The number of ether oxygens (including phenoxy) is 1. The first-order valence-corrected chi connectivity index (χ1v) is 7.97. The number of allylic oxidation sites excluding steroid dienone is 1. The second-order valence-corrected chi connectivity index (χ2v) is 5.74. The second-order valence-electron chi connectivity index (χ2n) is 5.74. The Morgan fingerprint density at radius 2 is 1.88 bits per heavy atom. The van der Waals surface area contributed by atoms with Gasteiger partial charge in [0.1, 0.15) is 5.75 Å². The number of guanidine groups is 1. The standard InChI is InChI=1S/C19H17F2N3O2/c20-18(21)26-16-7-2-1-5-14(16)13-6-3-4-11-8-9-12(10-15(11)13)17(25)24-19(22)23/h1-2,5-10,18H,3-4H2,(H4,22,23,24,25). The van der Waals surface area contributed by atoms with Gasteiger partial charge in [-0.2, -0.15) is 13.8 Å². The highest BCUT2D eigenvalue weighted by Crippen LogP contribution is 2.37. The number of halogens is 2. The summed E-state index contributed by atoms with van der Waals surface area (Å²) in [6, 6.07) is 11.7. The van der Waals surface area contributed by atoms with Crippen LogP contribution >= 0.6 is 0 Å². The summed E-state index contributed by atoms with van der Waals surface area (Å²) in [5, 5.41) is 0. The molecule has 5 nitrogen and oxygen atoms in total. The predicted molar refractivity (Wildman–Crippen MR) is 95.1 cm³/mol. The molecule has 0 heterocycles. The van der Waals surface area contributed by atoms with E-state index in [-0.39, 0.29) is 11.7 Å². The Kier molecular flexibility index (Phi) is 4.97. The third-order valence-corrected chi connectivity index (χ3v) is 4.03. The number of aliphatic imine (C=N–C) groups is 1. The second kappa shape index (κ2) is 7.35. The van der Waals surface area contributed by atoms with Gasteiger partial charge >= 0.3 is 6.61 Å². The van der Waals surface area contributed by atoms with Gasteiger partial charge in [-0.3, -0.25) is 4.79 Å². The summed E-state index contributed by atoms with van der Waals surface area (Å²) >= 11 is 0. The lowest BCUT2D eigenvalue weighted by Gasteiger charge is -2.21. The Morgan fingerprint density at radius 3 is 2.62 bits per heavy atom. The number of nitrogens with zero attached hydrogens (tertiary/aromatic N) is 1. The van der Waals surface area contributed by atoms with Crippen molar-refractivity contribution in [3.05, 3.63) is 70.8 Å². The molecule has 1 aliphatic carbocycles. The number of alkyl halides is 2.